The van der Waals surface area contributed by atoms with Crippen LogP contribution in [0.4, 0.5) is 0 Å². The van der Waals surface area contributed by atoms with Crippen molar-refractivity contribution < 1.29 is 9.90 Å². The summed E-state index contributed by atoms with van der Waals surface area (Å²) in [5, 5.41) is 9.57. The number of aromatic carboxylic acids is 1. The van der Waals surface area contributed by atoms with Crippen LogP contribution < -0.4 is 0 Å². The van der Waals surface area contributed by atoms with Crippen molar-refractivity contribution in [2.24, 2.45) is 0 Å². The Morgan fingerprint density at radius 1 is 1.57 bits per heavy atom. The first kappa shape index (κ1) is 11.1. The fraction of sp³-hybridized carbons (Fsp3) is 0.556. The number of rotatable bonds is 5. The highest BCUT2D eigenvalue weighted by atomic mass is 32.1. The molecule has 0 aliphatic heterocycles. The predicted molar refractivity (Wildman–Crippen MR) is 55.7 cm³/mol. The largest absolute Gasteiger partial charge is 0.477 e. The maximum Gasteiger partial charge on any atom is 0.347 e. The van der Waals surface area contributed by atoms with E-state index in [1.54, 1.807) is 0 Å². The molecule has 0 fully saturated rings. The Balaban J connectivity index is 2.63. The van der Waals surface area contributed by atoms with Crippen LogP contribution in [0.2, 0.25) is 0 Å². The Bertz CT molecular complexity index is 308. The smallest absolute Gasteiger partial charge is 0.347 e. The molecule has 1 aromatic heterocycles. The van der Waals surface area contributed by atoms with Gasteiger partial charge in [-0.15, -0.1) is 11.3 Å². The lowest BCUT2D eigenvalue weighted by Crippen LogP contribution is -2.21. The summed E-state index contributed by atoms with van der Waals surface area (Å²) in [5.41, 5.74) is 0. The predicted octanol–water partition coefficient (Wildman–Crippen LogP) is 1.68. The Morgan fingerprint density at radius 2 is 2.21 bits per heavy atom. The molecule has 0 aliphatic rings. The number of carbonyl (C=O) groups is 1. The number of carboxylic acids is 1. The molecule has 1 N–H and O–H groups in total. The van der Waals surface area contributed by atoms with Gasteiger partial charge in [0.15, 0.2) is 0 Å². The van der Waals surface area contributed by atoms with Crippen molar-refractivity contribution in [1.29, 1.82) is 0 Å². The van der Waals surface area contributed by atoms with E-state index in [9.17, 15) is 4.79 Å². The van der Waals surface area contributed by atoms with Crippen molar-refractivity contribution in [2.45, 2.75) is 20.4 Å². The molecule has 1 aromatic rings. The van der Waals surface area contributed by atoms with Crippen LogP contribution in [0.5, 0.6) is 0 Å². The Labute approximate surface area is 87.2 Å². The van der Waals surface area contributed by atoms with E-state index in [0.29, 0.717) is 4.88 Å². The van der Waals surface area contributed by atoms with Crippen LogP contribution >= 0.6 is 11.3 Å². The summed E-state index contributed by atoms with van der Waals surface area (Å²) in [7, 11) is 0. The molecule has 0 unspecified atom stereocenters. The zero-order valence-electron chi connectivity index (χ0n) is 8.36. The fourth-order valence-corrected chi connectivity index (χ4v) is 1.92. The first-order valence-electron chi connectivity index (χ1n) is 4.57. The highest BCUT2D eigenvalue weighted by molar-refractivity contribution is 7.13. The number of carboxylic acid groups (broad SMARTS) is 1. The Morgan fingerprint density at radius 3 is 2.64 bits per heavy atom. The monoisotopic (exact) mass is 214 g/mol. The second-order valence-corrected chi connectivity index (χ2v) is 4.00. The molecule has 0 radical (unpaired) electrons. The van der Waals surface area contributed by atoms with Gasteiger partial charge in [-0.05, 0) is 13.1 Å². The van der Waals surface area contributed by atoms with Gasteiger partial charge in [-0.1, -0.05) is 13.8 Å². The Hall–Kier alpha value is -0.940. The van der Waals surface area contributed by atoms with Gasteiger partial charge in [0.05, 0.1) is 12.7 Å². The number of hydrogen-bond acceptors (Lipinski definition) is 4. The third-order valence-corrected chi connectivity index (χ3v) is 2.99. The van der Waals surface area contributed by atoms with Crippen LogP contribution in [0, 0.1) is 0 Å². The van der Waals surface area contributed by atoms with Crippen LogP contribution in [-0.4, -0.2) is 34.0 Å². The summed E-state index contributed by atoms with van der Waals surface area (Å²) in [6, 6.07) is 0. The van der Waals surface area contributed by atoms with E-state index in [1.165, 1.54) is 17.5 Å². The minimum absolute atomic E-state index is 0.312. The van der Waals surface area contributed by atoms with E-state index in [1.807, 2.05) is 0 Å². The van der Waals surface area contributed by atoms with E-state index in [4.69, 9.17) is 5.11 Å². The van der Waals surface area contributed by atoms with Gasteiger partial charge in [0.2, 0.25) is 0 Å². The molecule has 1 rings (SSSR count). The Kier molecular flexibility index (Phi) is 4.03. The minimum Gasteiger partial charge on any atom is -0.477 e. The van der Waals surface area contributed by atoms with Gasteiger partial charge < -0.3 is 5.11 Å². The molecule has 0 atom stereocenters. The topological polar surface area (TPSA) is 53.4 Å². The van der Waals surface area contributed by atoms with E-state index < -0.39 is 5.97 Å². The summed E-state index contributed by atoms with van der Waals surface area (Å²) < 4.78 is 0. The quantitative estimate of drug-likeness (QED) is 0.810. The first-order chi connectivity index (χ1) is 6.67. The van der Waals surface area contributed by atoms with Gasteiger partial charge in [0.25, 0.3) is 0 Å². The van der Waals surface area contributed by atoms with E-state index >= 15 is 0 Å². The van der Waals surface area contributed by atoms with Crippen LogP contribution in [0.25, 0.3) is 0 Å². The summed E-state index contributed by atoms with van der Waals surface area (Å²) in [6.07, 6.45) is 1.42. The standard InChI is InChI=1S/C9H14N2O2S/c1-3-11(4-2)6-8-10-5-7(14-8)9(12)13/h5H,3-4,6H2,1-2H3,(H,12,13). The minimum atomic E-state index is -0.895. The molecule has 0 aromatic carbocycles. The number of aromatic nitrogens is 1. The molecule has 0 spiro atoms. The van der Waals surface area contributed by atoms with Crippen molar-refractivity contribution >= 4 is 17.3 Å². The van der Waals surface area contributed by atoms with E-state index in [0.717, 1.165) is 24.6 Å². The normalized spacial score (nSPS) is 10.8. The fourth-order valence-electron chi connectivity index (χ4n) is 1.12. The zero-order chi connectivity index (χ0) is 10.6. The van der Waals surface area contributed by atoms with Crippen LogP contribution in [0.3, 0.4) is 0 Å². The van der Waals surface area contributed by atoms with Crippen molar-refractivity contribution in [3.05, 3.63) is 16.1 Å². The summed E-state index contributed by atoms with van der Waals surface area (Å²) in [6.45, 7) is 6.81. The second-order valence-electron chi connectivity index (χ2n) is 2.88. The molecule has 0 aliphatic carbocycles. The maximum absolute atomic E-state index is 10.6. The highest BCUT2D eigenvalue weighted by Gasteiger charge is 2.10. The van der Waals surface area contributed by atoms with Gasteiger partial charge in [-0.3, -0.25) is 4.90 Å². The summed E-state index contributed by atoms with van der Waals surface area (Å²) in [4.78, 5) is 17.2. The van der Waals surface area contributed by atoms with Crippen LogP contribution in [0.15, 0.2) is 6.20 Å². The molecule has 14 heavy (non-hydrogen) atoms. The molecule has 0 saturated heterocycles. The van der Waals surface area contributed by atoms with Gasteiger partial charge in [0.1, 0.15) is 9.88 Å². The van der Waals surface area contributed by atoms with Crippen molar-refractivity contribution in [3.63, 3.8) is 0 Å². The lowest BCUT2D eigenvalue weighted by atomic mass is 10.5. The van der Waals surface area contributed by atoms with Gasteiger partial charge in [0, 0.05) is 0 Å². The first-order valence-corrected chi connectivity index (χ1v) is 5.39. The average Bonchev–Trinajstić information content (AvgIpc) is 2.62. The van der Waals surface area contributed by atoms with Crippen LogP contribution in [0.1, 0.15) is 28.5 Å². The second kappa shape index (κ2) is 5.07. The zero-order valence-corrected chi connectivity index (χ0v) is 9.17. The van der Waals surface area contributed by atoms with E-state index in [2.05, 4.69) is 23.7 Å². The van der Waals surface area contributed by atoms with Crippen LogP contribution in [-0.2, 0) is 6.54 Å². The number of thiazole rings is 1. The number of hydrogen-bond donors (Lipinski definition) is 1. The molecule has 4 nitrogen and oxygen atoms in total. The molecule has 0 saturated carbocycles. The SMILES string of the molecule is CCN(CC)Cc1ncc(C(=O)O)s1. The third kappa shape index (κ3) is 2.78. The molecular weight excluding hydrogens is 200 g/mol. The van der Waals surface area contributed by atoms with Crippen molar-refractivity contribution in [1.82, 2.24) is 9.88 Å². The maximum atomic E-state index is 10.6. The molecular formula is C9H14N2O2S. The summed E-state index contributed by atoms with van der Waals surface area (Å²) >= 11 is 1.25. The molecule has 0 amide bonds. The highest BCUT2D eigenvalue weighted by Crippen LogP contribution is 2.14. The third-order valence-electron chi connectivity index (χ3n) is 2.02. The van der Waals surface area contributed by atoms with Gasteiger partial charge in [-0.25, -0.2) is 9.78 Å². The van der Waals surface area contributed by atoms with Crippen molar-refractivity contribution in [3.8, 4) is 0 Å². The lowest BCUT2D eigenvalue weighted by molar-refractivity contribution is 0.0702. The lowest BCUT2D eigenvalue weighted by Gasteiger charge is -2.15. The molecule has 78 valence electrons. The molecule has 1 heterocycles. The van der Waals surface area contributed by atoms with Gasteiger partial charge >= 0.3 is 5.97 Å². The summed E-state index contributed by atoms with van der Waals surface area (Å²) in [5.74, 6) is -0.895. The number of nitrogens with zero attached hydrogens (tertiary/aromatic N) is 2. The molecule has 5 heteroatoms. The molecule has 0 bridgehead atoms. The van der Waals surface area contributed by atoms with Crippen molar-refractivity contribution in [2.75, 3.05) is 13.1 Å². The average molecular weight is 214 g/mol. The van der Waals surface area contributed by atoms with E-state index in [-0.39, 0.29) is 0 Å². The van der Waals surface area contributed by atoms with Gasteiger partial charge in [-0.2, -0.15) is 0 Å².